The summed E-state index contributed by atoms with van der Waals surface area (Å²) in [6.45, 7) is 0.564. The summed E-state index contributed by atoms with van der Waals surface area (Å²) >= 11 is 2.98. The molecule has 1 aromatic carbocycles. The number of rotatable bonds is 7. The van der Waals surface area contributed by atoms with E-state index >= 15 is 0 Å². The standard InChI is InChI=1S/C17H15N5O2S2/c23-16-19-20-17(22(16)8-6-12-4-2-1-3-5-12)26-11-14-18-15(24-21-14)13-7-9-25-10-13/h1-5,7,9-10H,6,8,11H2,(H,19,23). The molecule has 0 atom stereocenters. The number of nitrogens with one attached hydrogen (secondary N) is 1. The van der Waals surface area contributed by atoms with Crippen molar-refractivity contribution in [1.82, 2.24) is 24.9 Å². The molecule has 3 heterocycles. The molecule has 9 heteroatoms. The van der Waals surface area contributed by atoms with Crippen LogP contribution < -0.4 is 5.69 Å². The van der Waals surface area contributed by atoms with Gasteiger partial charge in [0.2, 0.25) is 0 Å². The van der Waals surface area contributed by atoms with Crippen LogP contribution in [0.2, 0.25) is 0 Å². The third-order valence-electron chi connectivity index (χ3n) is 3.76. The number of thiophene rings is 1. The maximum atomic E-state index is 12.0. The predicted molar refractivity (Wildman–Crippen MR) is 100 cm³/mol. The van der Waals surface area contributed by atoms with Gasteiger partial charge in [-0.15, -0.1) is 5.10 Å². The fourth-order valence-electron chi connectivity index (χ4n) is 2.44. The van der Waals surface area contributed by atoms with Gasteiger partial charge in [0, 0.05) is 11.9 Å². The van der Waals surface area contributed by atoms with Crippen molar-refractivity contribution in [2.45, 2.75) is 23.9 Å². The first-order valence-electron chi connectivity index (χ1n) is 7.96. The zero-order valence-corrected chi connectivity index (χ0v) is 15.3. The van der Waals surface area contributed by atoms with Crippen LogP contribution in [0.15, 0.2) is 61.6 Å². The molecule has 0 aliphatic heterocycles. The summed E-state index contributed by atoms with van der Waals surface area (Å²) in [4.78, 5) is 16.4. The first-order valence-corrected chi connectivity index (χ1v) is 9.89. The van der Waals surface area contributed by atoms with Gasteiger partial charge in [-0.25, -0.2) is 9.89 Å². The molecule has 0 amide bonds. The summed E-state index contributed by atoms with van der Waals surface area (Å²) < 4.78 is 6.91. The molecule has 0 saturated carbocycles. The Morgan fingerprint density at radius 2 is 2.12 bits per heavy atom. The minimum atomic E-state index is -0.212. The molecule has 0 aliphatic carbocycles. The maximum Gasteiger partial charge on any atom is 0.343 e. The lowest BCUT2D eigenvalue weighted by Crippen LogP contribution is -2.18. The monoisotopic (exact) mass is 385 g/mol. The number of hydrogen-bond acceptors (Lipinski definition) is 7. The summed E-state index contributed by atoms with van der Waals surface area (Å²) in [5.74, 6) is 1.55. The highest BCUT2D eigenvalue weighted by molar-refractivity contribution is 7.98. The predicted octanol–water partition coefficient (Wildman–Crippen LogP) is 3.22. The van der Waals surface area contributed by atoms with E-state index in [1.54, 1.807) is 15.9 Å². The van der Waals surface area contributed by atoms with E-state index in [0.29, 0.717) is 29.2 Å². The number of benzene rings is 1. The van der Waals surface area contributed by atoms with Crippen LogP contribution in [0.5, 0.6) is 0 Å². The van der Waals surface area contributed by atoms with E-state index in [2.05, 4.69) is 20.3 Å². The van der Waals surface area contributed by atoms with E-state index in [1.807, 2.05) is 47.2 Å². The topological polar surface area (TPSA) is 89.6 Å². The van der Waals surface area contributed by atoms with E-state index in [1.165, 1.54) is 17.3 Å². The van der Waals surface area contributed by atoms with Crippen molar-refractivity contribution in [1.29, 1.82) is 0 Å². The van der Waals surface area contributed by atoms with Crippen molar-refractivity contribution in [2.24, 2.45) is 0 Å². The highest BCUT2D eigenvalue weighted by Crippen LogP contribution is 2.23. The fraction of sp³-hybridized carbons (Fsp3) is 0.176. The van der Waals surface area contributed by atoms with Gasteiger partial charge in [0.1, 0.15) is 0 Å². The molecule has 0 saturated heterocycles. The summed E-state index contributed by atoms with van der Waals surface area (Å²) in [6, 6.07) is 12.0. The SMILES string of the molecule is O=c1[nH]nc(SCc2noc(-c3ccsc3)n2)n1CCc1ccccc1. The Balaban J connectivity index is 1.42. The Labute approximate surface area is 157 Å². The second kappa shape index (κ2) is 7.71. The van der Waals surface area contributed by atoms with Crippen LogP contribution in [0.25, 0.3) is 11.5 Å². The Kier molecular flexibility index (Phi) is 4.98. The van der Waals surface area contributed by atoms with Gasteiger partial charge in [-0.05, 0) is 23.4 Å². The fourth-order valence-corrected chi connectivity index (χ4v) is 3.89. The molecule has 0 spiro atoms. The van der Waals surface area contributed by atoms with Crippen LogP contribution in [0.4, 0.5) is 0 Å². The quantitative estimate of drug-likeness (QED) is 0.491. The molecule has 1 N–H and O–H groups in total. The van der Waals surface area contributed by atoms with Gasteiger partial charge in [0.25, 0.3) is 5.89 Å². The van der Waals surface area contributed by atoms with Gasteiger partial charge in [-0.1, -0.05) is 47.3 Å². The molecule has 132 valence electrons. The van der Waals surface area contributed by atoms with E-state index in [4.69, 9.17) is 4.52 Å². The van der Waals surface area contributed by atoms with Gasteiger partial charge in [-0.3, -0.25) is 4.57 Å². The minimum absolute atomic E-state index is 0.212. The number of aryl methyl sites for hydroxylation is 1. The van der Waals surface area contributed by atoms with Crippen molar-refractivity contribution < 1.29 is 4.52 Å². The van der Waals surface area contributed by atoms with Gasteiger partial charge >= 0.3 is 5.69 Å². The van der Waals surface area contributed by atoms with Crippen LogP contribution in [-0.4, -0.2) is 24.9 Å². The molecule has 0 radical (unpaired) electrons. The molecule has 0 aliphatic rings. The molecule has 4 aromatic rings. The average Bonchev–Trinajstić information content (AvgIpc) is 3.41. The van der Waals surface area contributed by atoms with Crippen molar-refractivity contribution in [3.8, 4) is 11.5 Å². The van der Waals surface area contributed by atoms with Crippen LogP contribution in [0, 0.1) is 0 Å². The number of hydrogen-bond donors (Lipinski definition) is 1. The van der Waals surface area contributed by atoms with Crippen LogP contribution in [0.3, 0.4) is 0 Å². The van der Waals surface area contributed by atoms with Crippen molar-refractivity contribution in [2.75, 3.05) is 0 Å². The van der Waals surface area contributed by atoms with E-state index < -0.39 is 0 Å². The number of aromatic amines is 1. The second-order valence-electron chi connectivity index (χ2n) is 5.52. The van der Waals surface area contributed by atoms with Crippen molar-refractivity contribution in [3.63, 3.8) is 0 Å². The van der Waals surface area contributed by atoms with E-state index in [9.17, 15) is 4.79 Å². The lowest BCUT2D eigenvalue weighted by molar-refractivity contribution is 0.425. The zero-order valence-electron chi connectivity index (χ0n) is 13.7. The summed E-state index contributed by atoms with van der Waals surface area (Å²) in [6.07, 6.45) is 0.762. The molecule has 4 rings (SSSR count). The summed E-state index contributed by atoms with van der Waals surface area (Å²) in [5.41, 5.74) is 1.88. The number of thioether (sulfide) groups is 1. The molecule has 3 aromatic heterocycles. The zero-order chi connectivity index (χ0) is 17.8. The Hall–Kier alpha value is -2.65. The first kappa shape index (κ1) is 16.8. The van der Waals surface area contributed by atoms with Crippen LogP contribution >= 0.6 is 23.1 Å². The maximum absolute atomic E-state index is 12.0. The molecule has 26 heavy (non-hydrogen) atoms. The highest BCUT2D eigenvalue weighted by Gasteiger charge is 2.13. The Morgan fingerprint density at radius 1 is 1.23 bits per heavy atom. The molecular weight excluding hydrogens is 370 g/mol. The summed E-state index contributed by atoms with van der Waals surface area (Å²) in [5, 5.41) is 15.1. The van der Waals surface area contributed by atoms with Gasteiger partial charge < -0.3 is 4.52 Å². The van der Waals surface area contributed by atoms with Crippen molar-refractivity contribution in [3.05, 3.63) is 69.0 Å². The second-order valence-corrected chi connectivity index (χ2v) is 7.24. The number of nitrogens with zero attached hydrogens (tertiary/aromatic N) is 4. The third kappa shape index (κ3) is 3.78. The first-order chi connectivity index (χ1) is 12.8. The van der Waals surface area contributed by atoms with Gasteiger partial charge in [-0.2, -0.15) is 16.3 Å². The molecular formula is C17H15N5O2S2. The van der Waals surface area contributed by atoms with Crippen LogP contribution in [0.1, 0.15) is 11.4 Å². The number of aromatic nitrogens is 5. The normalized spacial score (nSPS) is 11.1. The molecule has 7 nitrogen and oxygen atoms in total. The molecule has 0 bridgehead atoms. The van der Waals surface area contributed by atoms with Gasteiger partial charge in [0.05, 0.1) is 11.3 Å². The van der Waals surface area contributed by atoms with Gasteiger partial charge in [0.15, 0.2) is 11.0 Å². The highest BCUT2D eigenvalue weighted by atomic mass is 32.2. The Bertz CT molecular complexity index is 1020. The van der Waals surface area contributed by atoms with E-state index in [-0.39, 0.29) is 5.69 Å². The lowest BCUT2D eigenvalue weighted by Gasteiger charge is -2.04. The molecule has 0 fully saturated rings. The van der Waals surface area contributed by atoms with Crippen LogP contribution in [-0.2, 0) is 18.7 Å². The minimum Gasteiger partial charge on any atom is -0.334 e. The third-order valence-corrected chi connectivity index (χ3v) is 5.41. The van der Waals surface area contributed by atoms with Crippen molar-refractivity contribution >= 4 is 23.1 Å². The van der Waals surface area contributed by atoms with E-state index in [0.717, 1.165) is 12.0 Å². The Morgan fingerprint density at radius 3 is 2.92 bits per heavy atom. The molecule has 0 unspecified atom stereocenters. The smallest absolute Gasteiger partial charge is 0.334 e. The average molecular weight is 385 g/mol. The lowest BCUT2D eigenvalue weighted by atomic mass is 10.1. The summed E-state index contributed by atoms with van der Waals surface area (Å²) in [7, 11) is 0. The number of H-pyrrole nitrogens is 1. The largest absolute Gasteiger partial charge is 0.343 e.